The van der Waals surface area contributed by atoms with Gasteiger partial charge in [-0.2, -0.15) is 0 Å². The van der Waals surface area contributed by atoms with Crippen molar-refractivity contribution >= 4 is 17.3 Å². The van der Waals surface area contributed by atoms with Crippen molar-refractivity contribution in [1.29, 1.82) is 0 Å². The van der Waals surface area contributed by atoms with Gasteiger partial charge in [-0.15, -0.1) is 0 Å². The van der Waals surface area contributed by atoms with Crippen LogP contribution in [0.3, 0.4) is 0 Å². The number of rotatable bonds is 5. The standard InChI is InChI=1S/C19H23ClN4O3/c1-19(25)4-2-12(3-5-19)24-15-6-17(20)22-7-14(15)16-8-23-18(9-21-16)27-13-10-26-11-13/h6-9,12-13,25H,2-5,10-11H2,1H3,(H,22,24). The topological polar surface area (TPSA) is 89.4 Å². The van der Waals surface area contributed by atoms with Crippen LogP contribution in [0.5, 0.6) is 5.88 Å². The number of halogens is 1. The first kappa shape index (κ1) is 18.4. The summed E-state index contributed by atoms with van der Waals surface area (Å²) in [5.41, 5.74) is 1.84. The molecule has 0 bridgehead atoms. The monoisotopic (exact) mass is 390 g/mol. The number of aromatic nitrogens is 3. The highest BCUT2D eigenvalue weighted by atomic mass is 35.5. The summed E-state index contributed by atoms with van der Waals surface area (Å²) in [6, 6.07) is 2.08. The largest absolute Gasteiger partial charge is 0.468 e. The maximum absolute atomic E-state index is 10.1. The van der Waals surface area contributed by atoms with Gasteiger partial charge in [-0.3, -0.25) is 0 Å². The van der Waals surface area contributed by atoms with Gasteiger partial charge in [0.1, 0.15) is 11.3 Å². The Morgan fingerprint density at radius 3 is 2.59 bits per heavy atom. The molecule has 2 N–H and O–H groups in total. The molecule has 0 aromatic carbocycles. The molecule has 0 spiro atoms. The summed E-state index contributed by atoms with van der Waals surface area (Å²) in [5, 5.41) is 14.1. The van der Waals surface area contributed by atoms with Gasteiger partial charge in [0.15, 0.2) is 0 Å². The Balaban J connectivity index is 1.50. The van der Waals surface area contributed by atoms with E-state index >= 15 is 0 Å². The van der Waals surface area contributed by atoms with Crippen LogP contribution in [0.2, 0.25) is 5.15 Å². The van der Waals surface area contributed by atoms with Gasteiger partial charge >= 0.3 is 0 Å². The minimum atomic E-state index is -0.566. The van der Waals surface area contributed by atoms with E-state index in [0.29, 0.717) is 29.9 Å². The predicted molar refractivity (Wildman–Crippen MR) is 102 cm³/mol. The molecule has 1 saturated heterocycles. The molecule has 8 heteroatoms. The van der Waals surface area contributed by atoms with Gasteiger partial charge in [-0.1, -0.05) is 11.6 Å². The molecule has 2 aromatic heterocycles. The third kappa shape index (κ3) is 4.48. The molecule has 2 aliphatic rings. The number of pyridine rings is 1. The van der Waals surface area contributed by atoms with Crippen LogP contribution in [-0.2, 0) is 4.74 Å². The average molecular weight is 391 g/mol. The second kappa shape index (κ2) is 7.58. The van der Waals surface area contributed by atoms with Gasteiger partial charge in [0.25, 0.3) is 0 Å². The molecule has 1 aliphatic heterocycles. The highest BCUT2D eigenvalue weighted by molar-refractivity contribution is 6.29. The normalized spacial score (nSPS) is 25.7. The summed E-state index contributed by atoms with van der Waals surface area (Å²) >= 11 is 6.11. The first-order valence-electron chi connectivity index (χ1n) is 9.20. The molecule has 0 amide bonds. The predicted octanol–water partition coefficient (Wildman–Crippen LogP) is 3.08. The lowest BCUT2D eigenvalue weighted by molar-refractivity contribution is -0.0814. The average Bonchev–Trinajstić information content (AvgIpc) is 2.61. The molecule has 1 saturated carbocycles. The summed E-state index contributed by atoms with van der Waals surface area (Å²) in [7, 11) is 0. The van der Waals surface area contributed by atoms with E-state index < -0.39 is 5.60 Å². The highest BCUT2D eigenvalue weighted by Gasteiger charge is 2.29. The van der Waals surface area contributed by atoms with Crippen LogP contribution in [0.1, 0.15) is 32.6 Å². The zero-order valence-corrected chi connectivity index (χ0v) is 15.9. The van der Waals surface area contributed by atoms with Gasteiger partial charge in [0.05, 0.1) is 36.9 Å². The van der Waals surface area contributed by atoms with E-state index in [1.54, 1.807) is 24.7 Å². The molecule has 0 atom stereocenters. The Bertz CT molecular complexity index is 786. The van der Waals surface area contributed by atoms with Crippen molar-refractivity contribution < 1.29 is 14.6 Å². The van der Waals surface area contributed by atoms with Crippen molar-refractivity contribution in [3.05, 3.63) is 29.8 Å². The first-order chi connectivity index (χ1) is 13.0. The number of nitrogens with one attached hydrogen (secondary N) is 1. The Hall–Kier alpha value is -1.96. The number of hydrogen-bond acceptors (Lipinski definition) is 7. The van der Waals surface area contributed by atoms with E-state index in [1.165, 1.54) is 0 Å². The van der Waals surface area contributed by atoms with Crippen LogP contribution in [0.25, 0.3) is 11.3 Å². The Morgan fingerprint density at radius 1 is 1.19 bits per heavy atom. The molecule has 0 unspecified atom stereocenters. The van der Waals surface area contributed by atoms with Crippen LogP contribution in [0.4, 0.5) is 5.69 Å². The van der Waals surface area contributed by atoms with Crippen molar-refractivity contribution in [2.24, 2.45) is 0 Å². The second-order valence-electron chi connectivity index (χ2n) is 7.49. The molecule has 27 heavy (non-hydrogen) atoms. The Kier molecular flexibility index (Phi) is 5.16. The fourth-order valence-corrected chi connectivity index (χ4v) is 3.48. The van der Waals surface area contributed by atoms with Crippen molar-refractivity contribution in [3.8, 4) is 17.1 Å². The molecule has 0 radical (unpaired) electrons. The smallest absolute Gasteiger partial charge is 0.232 e. The molecule has 2 aromatic rings. The number of ether oxygens (including phenoxy) is 2. The van der Waals surface area contributed by atoms with Gasteiger partial charge in [-0.05, 0) is 38.7 Å². The summed E-state index contributed by atoms with van der Waals surface area (Å²) in [6.45, 7) is 3.08. The van der Waals surface area contributed by atoms with Gasteiger partial charge in [0.2, 0.25) is 5.88 Å². The third-order valence-electron chi connectivity index (χ3n) is 5.09. The van der Waals surface area contributed by atoms with Crippen molar-refractivity contribution in [3.63, 3.8) is 0 Å². The van der Waals surface area contributed by atoms with Crippen LogP contribution in [0, 0.1) is 0 Å². The summed E-state index contributed by atoms with van der Waals surface area (Å²) in [5.74, 6) is 0.484. The zero-order valence-electron chi connectivity index (χ0n) is 15.2. The van der Waals surface area contributed by atoms with Gasteiger partial charge < -0.3 is 19.9 Å². The molecule has 3 heterocycles. The van der Waals surface area contributed by atoms with E-state index in [1.807, 2.05) is 6.92 Å². The summed E-state index contributed by atoms with van der Waals surface area (Å²) in [6.07, 6.45) is 8.39. The molecular weight excluding hydrogens is 368 g/mol. The van der Waals surface area contributed by atoms with E-state index in [2.05, 4.69) is 20.3 Å². The summed E-state index contributed by atoms with van der Waals surface area (Å²) < 4.78 is 10.8. The number of anilines is 1. The number of aliphatic hydroxyl groups is 1. The second-order valence-corrected chi connectivity index (χ2v) is 7.87. The van der Waals surface area contributed by atoms with Crippen LogP contribution >= 0.6 is 11.6 Å². The van der Waals surface area contributed by atoms with Gasteiger partial charge in [0, 0.05) is 23.5 Å². The highest BCUT2D eigenvalue weighted by Crippen LogP contribution is 2.33. The molecular formula is C19H23ClN4O3. The van der Waals surface area contributed by atoms with Gasteiger partial charge in [-0.25, -0.2) is 15.0 Å². The van der Waals surface area contributed by atoms with E-state index in [4.69, 9.17) is 21.1 Å². The minimum Gasteiger partial charge on any atom is -0.468 e. The SMILES string of the molecule is CC1(O)CCC(Nc2cc(Cl)ncc2-c2cnc(OC3COC3)cn2)CC1. The molecule has 2 fully saturated rings. The lowest BCUT2D eigenvalue weighted by Gasteiger charge is -2.34. The summed E-state index contributed by atoms with van der Waals surface area (Å²) in [4.78, 5) is 13.0. The van der Waals surface area contributed by atoms with Crippen molar-refractivity contribution in [2.75, 3.05) is 18.5 Å². The Labute approximate surface area is 163 Å². The lowest BCUT2D eigenvalue weighted by atomic mass is 9.83. The van der Waals surface area contributed by atoms with Crippen LogP contribution in [-0.4, -0.2) is 51.0 Å². The third-order valence-corrected chi connectivity index (χ3v) is 5.30. The maximum Gasteiger partial charge on any atom is 0.232 e. The molecule has 1 aliphatic carbocycles. The molecule has 4 rings (SSSR count). The van der Waals surface area contributed by atoms with Crippen molar-refractivity contribution in [2.45, 2.75) is 50.4 Å². The molecule has 144 valence electrons. The minimum absolute atomic E-state index is 0.0584. The Morgan fingerprint density at radius 2 is 1.96 bits per heavy atom. The van der Waals surface area contributed by atoms with E-state index in [9.17, 15) is 5.11 Å². The zero-order chi connectivity index (χ0) is 18.9. The fraction of sp³-hybridized carbons (Fsp3) is 0.526. The maximum atomic E-state index is 10.1. The van der Waals surface area contributed by atoms with Crippen LogP contribution in [0.15, 0.2) is 24.7 Å². The molecule has 7 nitrogen and oxygen atoms in total. The van der Waals surface area contributed by atoms with E-state index in [-0.39, 0.29) is 12.1 Å². The van der Waals surface area contributed by atoms with Crippen molar-refractivity contribution in [1.82, 2.24) is 15.0 Å². The number of hydrogen-bond donors (Lipinski definition) is 2. The van der Waals surface area contributed by atoms with Crippen LogP contribution < -0.4 is 10.1 Å². The first-order valence-corrected chi connectivity index (χ1v) is 9.58. The quantitative estimate of drug-likeness (QED) is 0.758. The fourth-order valence-electron chi connectivity index (χ4n) is 3.33. The lowest BCUT2D eigenvalue weighted by Crippen LogP contribution is -2.38. The van der Waals surface area contributed by atoms with E-state index in [0.717, 1.165) is 36.9 Å². The number of nitrogens with zero attached hydrogens (tertiary/aromatic N) is 3.